The zero-order valence-electron chi connectivity index (χ0n) is 14.2. The number of carbonyl (C=O) groups is 2. The molecule has 2 atom stereocenters. The van der Waals surface area contributed by atoms with Gasteiger partial charge in [-0.3, -0.25) is 9.59 Å². The lowest BCUT2D eigenvalue weighted by molar-refractivity contribution is -0.143. The van der Waals surface area contributed by atoms with E-state index in [9.17, 15) is 9.59 Å². The van der Waals surface area contributed by atoms with Crippen LogP contribution in [0.1, 0.15) is 32.1 Å². The van der Waals surface area contributed by atoms with E-state index in [1.54, 1.807) is 0 Å². The lowest BCUT2D eigenvalue weighted by atomic mass is 9.67. The molecule has 1 aromatic carbocycles. The van der Waals surface area contributed by atoms with Gasteiger partial charge < -0.3 is 9.80 Å². The first-order valence-corrected chi connectivity index (χ1v) is 9.35. The van der Waals surface area contributed by atoms with Crippen LogP contribution in [-0.2, 0) is 9.59 Å². The van der Waals surface area contributed by atoms with E-state index < -0.39 is 0 Å². The second kappa shape index (κ2) is 6.58. The molecule has 3 aliphatic rings. The highest BCUT2D eigenvalue weighted by Gasteiger charge is 2.42. The van der Waals surface area contributed by atoms with E-state index >= 15 is 0 Å². The van der Waals surface area contributed by atoms with Crippen LogP contribution in [0.5, 0.6) is 0 Å². The molecule has 0 aromatic heterocycles. The maximum absolute atomic E-state index is 12.9. The number of para-hydroxylation sites is 1. The summed E-state index contributed by atoms with van der Waals surface area (Å²) in [6.45, 7) is 3.39. The minimum Gasteiger partial charge on any atom is -0.368 e. The van der Waals surface area contributed by atoms with Gasteiger partial charge in [-0.15, -0.1) is 0 Å². The van der Waals surface area contributed by atoms with Crippen molar-refractivity contribution in [1.29, 1.82) is 0 Å². The maximum Gasteiger partial charge on any atom is 0.225 e. The fourth-order valence-electron chi connectivity index (χ4n) is 4.76. The molecular weight excluding hydrogens is 300 g/mol. The second-order valence-electron chi connectivity index (χ2n) is 7.54. The molecule has 24 heavy (non-hydrogen) atoms. The SMILES string of the molecule is O=C1[C@@H]2CCC[C@@H]1CC(C(=O)N1CCN(c3ccccc3)CC1)C2. The van der Waals surface area contributed by atoms with Gasteiger partial charge in [-0.25, -0.2) is 0 Å². The summed E-state index contributed by atoms with van der Waals surface area (Å²) in [5, 5.41) is 0. The number of hydrogen-bond donors (Lipinski definition) is 0. The fourth-order valence-corrected chi connectivity index (χ4v) is 4.76. The fraction of sp³-hybridized carbons (Fsp3) is 0.600. The maximum atomic E-state index is 12.9. The molecule has 1 aromatic rings. The summed E-state index contributed by atoms with van der Waals surface area (Å²) >= 11 is 0. The standard InChI is InChI=1S/C20H26N2O2/c23-19-15-5-4-6-16(19)14-17(13-15)20(24)22-11-9-21(10-12-22)18-7-2-1-3-8-18/h1-3,7-8,15-17H,4-6,9-14H2/t15-,16-/m1/s1. The van der Waals surface area contributed by atoms with E-state index in [0.717, 1.165) is 58.3 Å². The number of benzene rings is 1. The number of amides is 1. The molecule has 1 aliphatic heterocycles. The Kier molecular flexibility index (Phi) is 4.30. The minimum absolute atomic E-state index is 0.0845. The molecule has 1 amide bonds. The number of rotatable bonds is 2. The third-order valence-electron chi connectivity index (χ3n) is 6.11. The summed E-state index contributed by atoms with van der Waals surface area (Å²) in [6.07, 6.45) is 4.76. The number of Topliss-reactive ketones (excluding diaryl/α,β-unsaturated/α-hetero) is 1. The van der Waals surface area contributed by atoms with Crippen molar-refractivity contribution in [2.45, 2.75) is 32.1 Å². The predicted molar refractivity (Wildman–Crippen MR) is 93.8 cm³/mol. The summed E-state index contributed by atoms with van der Waals surface area (Å²) < 4.78 is 0. The normalized spacial score (nSPS) is 30.3. The Morgan fingerprint density at radius 2 is 1.54 bits per heavy atom. The Morgan fingerprint density at radius 3 is 2.17 bits per heavy atom. The summed E-state index contributed by atoms with van der Waals surface area (Å²) in [7, 11) is 0. The first kappa shape index (κ1) is 15.7. The average molecular weight is 326 g/mol. The minimum atomic E-state index is 0.0845. The number of piperazine rings is 1. The first-order chi connectivity index (χ1) is 11.7. The Morgan fingerprint density at radius 1 is 0.917 bits per heavy atom. The Bertz CT molecular complexity index is 591. The third kappa shape index (κ3) is 2.94. The average Bonchev–Trinajstić information content (AvgIpc) is 2.62. The molecule has 2 bridgehead atoms. The highest BCUT2D eigenvalue weighted by Crippen LogP contribution is 2.40. The van der Waals surface area contributed by atoms with Crippen LogP contribution in [0, 0.1) is 17.8 Å². The van der Waals surface area contributed by atoms with Crippen LogP contribution in [0.2, 0.25) is 0 Å². The number of hydrogen-bond acceptors (Lipinski definition) is 3. The molecule has 0 spiro atoms. The van der Waals surface area contributed by atoms with Crippen LogP contribution in [0.15, 0.2) is 30.3 Å². The Balaban J connectivity index is 1.36. The summed E-state index contributed by atoms with van der Waals surface area (Å²) in [5.41, 5.74) is 1.24. The van der Waals surface area contributed by atoms with Crippen LogP contribution >= 0.6 is 0 Å². The van der Waals surface area contributed by atoms with Crippen LogP contribution in [0.4, 0.5) is 5.69 Å². The molecule has 128 valence electrons. The van der Waals surface area contributed by atoms with Crippen LogP contribution < -0.4 is 4.90 Å². The number of ketones is 1. The Hall–Kier alpha value is -1.84. The highest BCUT2D eigenvalue weighted by molar-refractivity contribution is 5.88. The van der Waals surface area contributed by atoms with Crippen molar-refractivity contribution in [2.75, 3.05) is 31.1 Å². The van der Waals surface area contributed by atoms with Gasteiger partial charge in [0.25, 0.3) is 0 Å². The molecular formula is C20H26N2O2. The molecule has 0 unspecified atom stereocenters. The zero-order chi connectivity index (χ0) is 16.5. The molecule has 3 fully saturated rings. The number of nitrogens with zero attached hydrogens (tertiary/aromatic N) is 2. The molecule has 0 N–H and O–H groups in total. The quantitative estimate of drug-likeness (QED) is 0.839. The van der Waals surface area contributed by atoms with Crippen LogP contribution in [-0.4, -0.2) is 42.8 Å². The number of fused-ring (bicyclic) bond motifs is 2. The lowest BCUT2D eigenvalue weighted by Crippen LogP contribution is -2.52. The van der Waals surface area contributed by atoms with Crippen molar-refractivity contribution in [2.24, 2.45) is 17.8 Å². The number of anilines is 1. The van der Waals surface area contributed by atoms with Gasteiger partial charge in [0, 0.05) is 49.6 Å². The summed E-state index contributed by atoms with van der Waals surface area (Å²) in [5.74, 6) is 1.15. The van der Waals surface area contributed by atoms with Gasteiger partial charge >= 0.3 is 0 Å². The largest absolute Gasteiger partial charge is 0.368 e. The van der Waals surface area contributed by atoms with Crippen molar-refractivity contribution in [1.82, 2.24) is 4.90 Å². The molecule has 1 saturated heterocycles. The smallest absolute Gasteiger partial charge is 0.225 e. The monoisotopic (exact) mass is 326 g/mol. The van der Waals surface area contributed by atoms with Crippen molar-refractivity contribution in [3.05, 3.63) is 30.3 Å². The molecule has 0 radical (unpaired) electrons. The van der Waals surface area contributed by atoms with E-state index in [0.29, 0.717) is 11.7 Å². The molecule has 4 heteroatoms. The van der Waals surface area contributed by atoms with Crippen molar-refractivity contribution in [3.8, 4) is 0 Å². The molecule has 2 saturated carbocycles. The topological polar surface area (TPSA) is 40.6 Å². The van der Waals surface area contributed by atoms with E-state index in [2.05, 4.69) is 29.2 Å². The summed E-state index contributed by atoms with van der Waals surface area (Å²) in [6, 6.07) is 10.4. The highest BCUT2D eigenvalue weighted by atomic mass is 16.2. The second-order valence-corrected chi connectivity index (χ2v) is 7.54. The van der Waals surface area contributed by atoms with Gasteiger partial charge in [0.05, 0.1) is 0 Å². The van der Waals surface area contributed by atoms with Gasteiger partial charge in [-0.05, 0) is 37.8 Å². The summed E-state index contributed by atoms with van der Waals surface area (Å²) in [4.78, 5) is 29.5. The van der Waals surface area contributed by atoms with Crippen LogP contribution in [0.25, 0.3) is 0 Å². The van der Waals surface area contributed by atoms with Crippen molar-refractivity contribution >= 4 is 17.4 Å². The molecule has 1 heterocycles. The number of carbonyl (C=O) groups excluding carboxylic acids is 2. The van der Waals surface area contributed by atoms with Gasteiger partial charge in [0.2, 0.25) is 5.91 Å². The molecule has 4 rings (SSSR count). The van der Waals surface area contributed by atoms with Gasteiger partial charge in [0.15, 0.2) is 0 Å². The lowest BCUT2D eigenvalue weighted by Gasteiger charge is -2.41. The van der Waals surface area contributed by atoms with Crippen LogP contribution in [0.3, 0.4) is 0 Å². The Labute approximate surface area is 143 Å². The first-order valence-electron chi connectivity index (χ1n) is 9.35. The van der Waals surface area contributed by atoms with Gasteiger partial charge in [-0.1, -0.05) is 24.6 Å². The van der Waals surface area contributed by atoms with Gasteiger partial charge in [-0.2, -0.15) is 0 Å². The van der Waals surface area contributed by atoms with E-state index in [-0.39, 0.29) is 17.8 Å². The zero-order valence-corrected chi connectivity index (χ0v) is 14.2. The van der Waals surface area contributed by atoms with Crippen molar-refractivity contribution < 1.29 is 9.59 Å². The van der Waals surface area contributed by atoms with Gasteiger partial charge in [0.1, 0.15) is 5.78 Å². The van der Waals surface area contributed by atoms with E-state index in [1.807, 2.05) is 11.0 Å². The van der Waals surface area contributed by atoms with Crippen molar-refractivity contribution in [3.63, 3.8) is 0 Å². The van der Waals surface area contributed by atoms with E-state index in [4.69, 9.17) is 0 Å². The van der Waals surface area contributed by atoms with E-state index in [1.165, 1.54) is 5.69 Å². The molecule has 2 aliphatic carbocycles. The predicted octanol–water partition coefficient (Wildman–Crippen LogP) is 2.73. The third-order valence-corrected chi connectivity index (χ3v) is 6.11. The molecule has 4 nitrogen and oxygen atoms in total.